The molecule has 0 aliphatic carbocycles. The number of aryl methyl sites for hydroxylation is 1. The van der Waals surface area contributed by atoms with E-state index in [1.54, 1.807) is 0 Å². The van der Waals surface area contributed by atoms with Gasteiger partial charge in [0.25, 0.3) is 0 Å². The summed E-state index contributed by atoms with van der Waals surface area (Å²) in [6.07, 6.45) is 0.825. The van der Waals surface area contributed by atoms with E-state index in [1.807, 2.05) is 6.92 Å². The summed E-state index contributed by atoms with van der Waals surface area (Å²) in [5, 5.41) is 9.55. The Bertz CT molecular complexity index is 702. The van der Waals surface area contributed by atoms with Gasteiger partial charge in [0, 0.05) is 45.4 Å². The zero-order valence-corrected chi connectivity index (χ0v) is 16.6. The number of ether oxygens (including phenoxy) is 1. The number of aliphatic hydroxyl groups excluding tert-OH is 1. The molecule has 1 fully saturated rings. The molecule has 27 heavy (non-hydrogen) atoms. The molecule has 1 heterocycles. The Morgan fingerprint density at radius 1 is 1.04 bits per heavy atom. The van der Waals surface area contributed by atoms with Gasteiger partial charge < -0.3 is 9.84 Å². The van der Waals surface area contributed by atoms with E-state index in [4.69, 9.17) is 4.74 Å². The van der Waals surface area contributed by atoms with Gasteiger partial charge in [0.15, 0.2) is 0 Å². The van der Waals surface area contributed by atoms with Crippen LogP contribution >= 0.6 is 0 Å². The van der Waals surface area contributed by atoms with Crippen LogP contribution < -0.4 is 4.74 Å². The SMILES string of the molecule is CCOc1ccc(CN2CCN(Cc3ccccc3C)[C@@H](CCO)C2)cc1. The molecule has 1 N–H and O–H groups in total. The fourth-order valence-electron chi connectivity index (χ4n) is 3.85. The molecule has 3 rings (SSSR count). The average Bonchev–Trinajstić information content (AvgIpc) is 2.67. The molecule has 0 amide bonds. The van der Waals surface area contributed by atoms with Crippen molar-refractivity contribution in [3.05, 3.63) is 65.2 Å². The Morgan fingerprint density at radius 3 is 2.52 bits per heavy atom. The number of nitrogens with zero attached hydrogens (tertiary/aromatic N) is 2. The molecular formula is C23H32N2O2. The van der Waals surface area contributed by atoms with Crippen molar-refractivity contribution in [1.82, 2.24) is 9.80 Å². The predicted octanol–water partition coefficient (Wildman–Crippen LogP) is 3.46. The van der Waals surface area contributed by atoms with E-state index in [0.717, 1.165) is 44.9 Å². The van der Waals surface area contributed by atoms with Crippen LogP contribution in [0, 0.1) is 6.92 Å². The summed E-state index contributed by atoms with van der Waals surface area (Å²) in [4.78, 5) is 5.04. The van der Waals surface area contributed by atoms with Crippen molar-refractivity contribution in [2.24, 2.45) is 0 Å². The molecule has 0 aromatic heterocycles. The molecule has 1 saturated heterocycles. The Labute approximate surface area is 163 Å². The second-order valence-corrected chi connectivity index (χ2v) is 7.38. The van der Waals surface area contributed by atoms with Gasteiger partial charge >= 0.3 is 0 Å². The minimum Gasteiger partial charge on any atom is -0.494 e. The summed E-state index contributed by atoms with van der Waals surface area (Å²) < 4.78 is 5.53. The number of hydrogen-bond acceptors (Lipinski definition) is 4. The highest BCUT2D eigenvalue weighted by molar-refractivity contribution is 5.27. The van der Waals surface area contributed by atoms with E-state index >= 15 is 0 Å². The van der Waals surface area contributed by atoms with E-state index in [0.29, 0.717) is 12.6 Å². The third kappa shape index (κ3) is 5.55. The summed E-state index contributed by atoms with van der Waals surface area (Å²) in [7, 11) is 0. The summed E-state index contributed by atoms with van der Waals surface area (Å²) in [6.45, 7) is 10.1. The third-order valence-corrected chi connectivity index (χ3v) is 5.43. The van der Waals surface area contributed by atoms with E-state index in [1.165, 1.54) is 16.7 Å². The highest BCUT2D eigenvalue weighted by atomic mass is 16.5. The van der Waals surface area contributed by atoms with E-state index in [9.17, 15) is 5.11 Å². The van der Waals surface area contributed by atoms with Crippen LogP contribution in [-0.4, -0.2) is 53.8 Å². The van der Waals surface area contributed by atoms with Crippen molar-refractivity contribution in [1.29, 1.82) is 0 Å². The van der Waals surface area contributed by atoms with Crippen LogP contribution in [-0.2, 0) is 13.1 Å². The normalized spacial score (nSPS) is 18.6. The second kappa shape index (κ2) is 9.88. The third-order valence-electron chi connectivity index (χ3n) is 5.43. The summed E-state index contributed by atoms with van der Waals surface area (Å²) in [6, 6.07) is 17.4. The molecule has 0 bridgehead atoms. The second-order valence-electron chi connectivity index (χ2n) is 7.38. The summed E-state index contributed by atoms with van der Waals surface area (Å²) in [5.41, 5.74) is 4.05. The molecule has 0 unspecified atom stereocenters. The van der Waals surface area contributed by atoms with Crippen molar-refractivity contribution in [2.45, 2.75) is 39.4 Å². The standard InChI is InChI=1S/C23H32N2O2/c1-3-27-23-10-8-20(9-11-23)16-24-13-14-25(22(18-24)12-15-26)17-21-7-5-4-6-19(21)2/h4-11,22,26H,3,12-18H2,1-2H3/t22-/m0/s1. The van der Waals surface area contributed by atoms with Crippen LogP contribution in [0.1, 0.15) is 30.0 Å². The van der Waals surface area contributed by atoms with Gasteiger partial charge in [0.1, 0.15) is 5.75 Å². The van der Waals surface area contributed by atoms with Gasteiger partial charge in [-0.3, -0.25) is 9.80 Å². The van der Waals surface area contributed by atoms with Crippen LogP contribution in [0.5, 0.6) is 5.75 Å². The minimum atomic E-state index is 0.242. The van der Waals surface area contributed by atoms with Crippen molar-refractivity contribution in [3.8, 4) is 5.75 Å². The minimum absolute atomic E-state index is 0.242. The number of piperazine rings is 1. The lowest BCUT2D eigenvalue weighted by Crippen LogP contribution is -2.52. The van der Waals surface area contributed by atoms with Crippen LogP contribution in [0.25, 0.3) is 0 Å². The lowest BCUT2D eigenvalue weighted by atomic mass is 10.0. The topological polar surface area (TPSA) is 35.9 Å². The lowest BCUT2D eigenvalue weighted by Gasteiger charge is -2.41. The van der Waals surface area contributed by atoms with Crippen molar-refractivity contribution in [2.75, 3.05) is 32.8 Å². The molecule has 4 heteroatoms. The first-order valence-electron chi connectivity index (χ1n) is 10.0. The number of rotatable bonds is 8. The number of aliphatic hydroxyl groups is 1. The molecule has 2 aromatic carbocycles. The van der Waals surface area contributed by atoms with Gasteiger partial charge in [-0.1, -0.05) is 36.4 Å². The van der Waals surface area contributed by atoms with Gasteiger partial charge in [-0.2, -0.15) is 0 Å². The molecule has 1 aliphatic heterocycles. The first-order chi connectivity index (χ1) is 13.2. The zero-order chi connectivity index (χ0) is 19.1. The summed E-state index contributed by atoms with van der Waals surface area (Å²) >= 11 is 0. The molecule has 146 valence electrons. The average molecular weight is 369 g/mol. The Kier molecular flexibility index (Phi) is 7.27. The van der Waals surface area contributed by atoms with Crippen molar-refractivity contribution in [3.63, 3.8) is 0 Å². The maximum Gasteiger partial charge on any atom is 0.119 e. The fraction of sp³-hybridized carbons (Fsp3) is 0.478. The van der Waals surface area contributed by atoms with Gasteiger partial charge in [-0.15, -0.1) is 0 Å². The van der Waals surface area contributed by atoms with Gasteiger partial charge in [0.05, 0.1) is 6.61 Å². The fourth-order valence-corrected chi connectivity index (χ4v) is 3.85. The van der Waals surface area contributed by atoms with Gasteiger partial charge in [-0.25, -0.2) is 0 Å². The number of hydrogen-bond donors (Lipinski definition) is 1. The van der Waals surface area contributed by atoms with Crippen LogP contribution in [0.2, 0.25) is 0 Å². The van der Waals surface area contributed by atoms with Gasteiger partial charge in [0.2, 0.25) is 0 Å². The summed E-state index contributed by atoms with van der Waals surface area (Å²) in [5.74, 6) is 0.933. The molecular weight excluding hydrogens is 336 g/mol. The highest BCUT2D eigenvalue weighted by Crippen LogP contribution is 2.20. The van der Waals surface area contributed by atoms with Crippen molar-refractivity contribution >= 4 is 0 Å². The molecule has 1 aliphatic rings. The quantitative estimate of drug-likeness (QED) is 0.774. The molecule has 1 atom stereocenters. The molecule has 2 aromatic rings. The molecule has 0 saturated carbocycles. The van der Waals surface area contributed by atoms with Crippen LogP contribution in [0.3, 0.4) is 0 Å². The lowest BCUT2D eigenvalue weighted by molar-refractivity contribution is 0.0498. The first kappa shape index (κ1) is 19.9. The Morgan fingerprint density at radius 2 is 1.81 bits per heavy atom. The van der Waals surface area contributed by atoms with Gasteiger partial charge in [-0.05, 0) is 49.1 Å². The maximum atomic E-state index is 9.55. The Balaban J connectivity index is 1.60. The zero-order valence-electron chi connectivity index (χ0n) is 16.6. The largest absolute Gasteiger partial charge is 0.494 e. The predicted molar refractivity (Wildman–Crippen MR) is 110 cm³/mol. The maximum absolute atomic E-state index is 9.55. The van der Waals surface area contributed by atoms with E-state index in [2.05, 4.69) is 65.3 Å². The smallest absolute Gasteiger partial charge is 0.119 e. The molecule has 4 nitrogen and oxygen atoms in total. The number of benzene rings is 2. The van der Waals surface area contributed by atoms with E-state index < -0.39 is 0 Å². The Hall–Kier alpha value is -1.88. The first-order valence-corrected chi connectivity index (χ1v) is 10.0. The van der Waals surface area contributed by atoms with Crippen LogP contribution in [0.4, 0.5) is 0 Å². The molecule has 0 spiro atoms. The van der Waals surface area contributed by atoms with Crippen molar-refractivity contribution < 1.29 is 9.84 Å². The highest BCUT2D eigenvalue weighted by Gasteiger charge is 2.26. The van der Waals surface area contributed by atoms with E-state index in [-0.39, 0.29) is 6.61 Å². The van der Waals surface area contributed by atoms with Crippen LogP contribution in [0.15, 0.2) is 48.5 Å². The monoisotopic (exact) mass is 368 g/mol. The molecule has 0 radical (unpaired) electrons.